The molecule has 1 aliphatic heterocycles. The van der Waals surface area contributed by atoms with Crippen molar-refractivity contribution in [2.24, 2.45) is 5.92 Å². The summed E-state index contributed by atoms with van der Waals surface area (Å²) < 4.78 is 56.6. The fraction of sp³-hybridized carbons (Fsp3) is 0.625. The number of nitrogens with two attached hydrogens (primary N) is 1. The molecule has 0 spiro atoms. The largest absolute Gasteiger partial charge is 0.573 e. The Hall–Kier alpha value is -2.89. The molecule has 12 heteroatoms. The molecule has 0 bridgehead atoms. The van der Waals surface area contributed by atoms with E-state index in [2.05, 4.69) is 30.3 Å². The minimum Gasteiger partial charge on any atom is -0.403 e. The molecule has 0 amide bonds. The first-order valence-electron chi connectivity index (χ1n) is 12.6. The Bertz CT molecular complexity index is 1010. The molecule has 2 aliphatic rings. The van der Waals surface area contributed by atoms with Gasteiger partial charge in [-0.1, -0.05) is 26.2 Å². The van der Waals surface area contributed by atoms with Crippen molar-refractivity contribution in [3.63, 3.8) is 0 Å². The smallest absolute Gasteiger partial charge is 0.403 e. The van der Waals surface area contributed by atoms with Crippen LogP contribution in [0.3, 0.4) is 0 Å². The third-order valence-corrected chi connectivity index (χ3v) is 6.86. The molecule has 8 nitrogen and oxygen atoms in total. The zero-order valence-corrected chi connectivity index (χ0v) is 20.3. The van der Waals surface area contributed by atoms with E-state index in [1.807, 2.05) is 6.92 Å². The molecule has 198 valence electrons. The highest BCUT2D eigenvalue weighted by Crippen LogP contribution is 2.35. The number of hydrogen-bond acceptors (Lipinski definition) is 8. The summed E-state index contributed by atoms with van der Waals surface area (Å²) in [5.74, 6) is -0.983. The molecule has 36 heavy (non-hydrogen) atoms. The Morgan fingerprint density at radius 2 is 1.92 bits per heavy atom. The molecule has 2 atom stereocenters. The van der Waals surface area contributed by atoms with Gasteiger partial charge in [0.05, 0.1) is 6.04 Å². The van der Waals surface area contributed by atoms with Crippen LogP contribution in [0.5, 0.6) is 5.75 Å². The van der Waals surface area contributed by atoms with Crippen molar-refractivity contribution < 1.29 is 22.3 Å². The number of nitrogens with one attached hydrogen (secondary N) is 2. The predicted molar refractivity (Wildman–Crippen MR) is 130 cm³/mol. The quantitative estimate of drug-likeness (QED) is 0.397. The highest BCUT2D eigenvalue weighted by molar-refractivity contribution is 5.62. The average molecular weight is 512 g/mol. The second-order valence-corrected chi connectivity index (χ2v) is 9.41. The number of ether oxygens (including phenoxy) is 1. The number of halogens is 4. The summed E-state index contributed by atoms with van der Waals surface area (Å²) in [6.45, 7) is 3.54. The number of alkyl halides is 3. The molecule has 2 unspecified atom stereocenters. The van der Waals surface area contributed by atoms with E-state index < -0.39 is 17.9 Å². The minimum atomic E-state index is -5.00. The average Bonchev–Trinajstić information content (AvgIpc) is 3.37. The molecule has 1 saturated carbocycles. The number of anilines is 4. The van der Waals surface area contributed by atoms with Crippen LogP contribution >= 0.6 is 0 Å². The van der Waals surface area contributed by atoms with Crippen LogP contribution in [-0.4, -0.2) is 46.5 Å². The zero-order valence-electron chi connectivity index (χ0n) is 20.3. The molecule has 4 rings (SSSR count). The predicted octanol–water partition coefficient (Wildman–Crippen LogP) is 5.15. The van der Waals surface area contributed by atoms with Crippen LogP contribution in [0.15, 0.2) is 18.2 Å². The molecule has 1 aromatic heterocycles. The third kappa shape index (κ3) is 6.65. The van der Waals surface area contributed by atoms with E-state index in [-0.39, 0.29) is 24.0 Å². The second-order valence-electron chi connectivity index (χ2n) is 9.41. The van der Waals surface area contributed by atoms with Gasteiger partial charge in [0, 0.05) is 24.3 Å². The molecule has 1 aliphatic carbocycles. The molecular formula is C24H33F4N7O. The van der Waals surface area contributed by atoms with Crippen molar-refractivity contribution in [1.29, 1.82) is 0 Å². The van der Waals surface area contributed by atoms with E-state index in [9.17, 15) is 17.6 Å². The first-order chi connectivity index (χ1) is 17.2. The lowest BCUT2D eigenvalue weighted by Gasteiger charge is -2.35. The van der Waals surface area contributed by atoms with Gasteiger partial charge in [0.2, 0.25) is 17.8 Å². The van der Waals surface area contributed by atoms with Gasteiger partial charge in [-0.05, 0) is 56.7 Å². The van der Waals surface area contributed by atoms with Crippen molar-refractivity contribution in [2.75, 3.05) is 29.0 Å². The first-order valence-corrected chi connectivity index (χ1v) is 12.6. The summed E-state index contributed by atoms with van der Waals surface area (Å²) in [5.41, 5.74) is 6.34. The second kappa shape index (κ2) is 11.4. The number of rotatable bonds is 9. The van der Waals surface area contributed by atoms with Crippen LogP contribution in [0.2, 0.25) is 0 Å². The van der Waals surface area contributed by atoms with Crippen molar-refractivity contribution in [3.8, 4) is 5.75 Å². The lowest BCUT2D eigenvalue weighted by molar-refractivity contribution is -0.275. The van der Waals surface area contributed by atoms with Crippen LogP contribution in [0.4, 0.5) is 41.1 Å². The summed E-state index contributed by atoms with van der Waals surface area (Å²) in [7, 11) is 0. The molecule has 4 N–H and O–H groups in total. The van der Waals surface area contributed by atoms with Gasteiger partial charge in [0.25, 0.3) is 0 Å². The van der Waals surface area contributed by atoms with Crippen molar-refractivity contribution in [2.45, 2.75) is 76.7 Å². The summed E-state index contributed by atoms with van der Waals surface area (Å²) in [5, 5.41) is 6.73. The SMILES string of the molecule is CCC(C1CCCN1)N(c1ccc(OC(F)(F)F)c(F)c1)c1nc(N)nc(NCC2CCCCC2)n1. The van der Waals surface area contributed by atoms with E-state index in [1.165, 1.54) is 25.3 Å². The fourth-order valence-corrected chi connectivity index (χ4v) is 5.18. The normalized spacial score (nSPS) is 19.8. The topological polar surface area (TPSA) is 101 Å². The first kappa shape index (κ1) is 26.2. The van der Waals surface area contributed by atoms with Gasteiger partial charge in [-0.15, -0.1) is 13.2 Å². The van der Waals surface area contributed by atoms with E-state index in [1.54, 1.807) is 4.90 Å². The lowest BCUT2D eigenvalue weighted by atomic mass is 9.89. The number of nitrogen functional groups attached to an aromatic ring is 1. The Morgan fingerprint density at radius 3 is 2.56 bits per heavy atom. The maximum absolute atomic E-state index is 14.7. The Kier molecular flexibility index (Phi) is 8.32. The minimum absolute atomic E-state index is 0.00266. The van der Waals surface area contributed by atoms with Crippen LogP contribution in [0.25, 0.3) is 0 Å². The van der Waals surface area contributed by atoms with Crippen LogP contribution in [-0.2, 0) is 0 Å². The molecule has 2 fully saturated rings. The fourth-order valence-electron chi connectivity index (χ4n) is 5.18. The van der Waals surface area contributed by atoms with Gasteiger partial charge >= 0.3 is 6.36 Å². The van der Waals surface area contributed by atoms with E-state index in [0.717, 1.165) is 44.4 Å². The molecule has 2 heterocycles. The highest BCUT2D eigenvalue weighted by atomic mass is 19.4. The molecule has 1 aromatic carbocycles. The summed E-state index contributed by atoms with van der Waals surface area (Å²) in [4.78, 5) is 14.9. The van der Waals surface area contributed by atoms with Crippen molar-refractivity contribution >= 4 is 23.5 Å². The van der Waals surface area contributed by atoms with Gasteiger partial charge in [-0.3, -0.25) is 0 Å². The Labute approximate surface area is 208 Å². The van der Waals surface area contributed by atoms with Crippen molar-refractivity contribution in [1.82, 2.24) is 20.3 Å². The van der Waals surface area contributed by atoms with E-state index in [4.69, 9.17) is 5.73 Å². The highest BCUT2D eigenvalue weighted by Gasteiger charge is 2.34. The van der Waals surface area contributed by atoms with Gasteiger partial charge < -0.3 is 26.0 Å². The van der Waals surface area contributed by atoms with E-state index in [0.29, 0.717) is 30.5 Å². The van der Waals surface area contributed by atoms with Gasteiger partial charge in [-0.2, -0.15) is 15.0 Å². The zero-order chi connectivity index (χ0) is 25.7. The number of hydrogen-bond donors (Lipinski definition) is 3. The van der Waals surface area contributed by atoms with Crippen LogP contribution in [0.1, 0.15) is 58.3 Å². The Morgan fingerprint density at radius 1 is 1.14 bits per heavy atom. The van der Waals surface area contributed by atoms with E-state index >= 15 is 0 Å². The maximum atomic E-state index is 14.7. The van der Waals surface area contributed by atoms with Crippen LogP contribution < -0.4 is 26.0 Å². The summed E-state index contributed by atoms with van der Waals surface area (Å²) >= 11 is 0. The summed E-state index contributed by atoms with van der Waals surface area (Å²) in [6.07, 6.45) is 3.47. The third-order valence-electron chi connectivity index (χ3n) is 6.86. The lowest BCUT2D eigenvalue weighted by Crippen LogP contribution is -2.46. The molecule has 2 aromatic rings. The van der Waals surface area contributed by atoms with Crippen LogP contribution in [0, 0.1) is 11.7 Å². The summed E-state index contributed by atoms with van der Waals surface area (Å²) in [6, 6.07) is 3.20. The number of benzene rings is 1. The molecule has 1 saturated heterocycles. The monoisotopic (exact) mass is 511 g/mol. The standard InChI is InChI=1S/C24H33F4N7O/c1-2-19(18-9-6-12-30-18)35(16-10-11-20(17(25)13-16)36-24(26,27)28)23-33-21(29)32-22(34-23)31-14-15-7-4-3-5-8-15/h10-11,13,15,18-19,30H,2-9,12,14H2,1H3,(H3,29,31,32,33,34). The molecule has 0 radical (unpaired) electrons. The Balaban J connectivity index is 1.67. The number of aromatic nitrogens is 3. The van der Waals surface area contributed by atoms with Gasteiger partial charge in [0.1, 0.15) is 0 Å². The maximum Gasteiger partial charge on any atom is 0.573 e. The molecular weight excluding hydrogens is 478 g/mol. The van der Waals surface area contributed by atoms with Gasteiger partial charge in [-0.25, -0.2) is 4.39 Å². The van der Waals surface area contributed by atoms with Crippen molar-refractivity contribution in [3.05, 3.63) is 24.0 Å². The number of nitrogens with zero attached hydrogens (tertiary/aromatic N) is 4. The van der Waals surface area contributed by atoms with Gasteiger partial charge in [0.15, 0.2) is 11.6 Å².